The number of rotatable bonds is 5. The smallest absolute Gasteiger partial charge is 0.407 e. The number of aromatic nitrogens is 2. The number of ether oxygens (including phenoxy) is 1. The van der Waals surface area contributed by atoms with E-state index in [1.165, 1.54) is 0 Å². The number of aliphatic hydroxyl groups excluding tert-OH is 1. The Labute approximate surface area is 135 Å². The van der Waals surface area contributed by atoms with Gasteiger partial charge in [-0.2, -0.15) is 5.10 Å². The Balaban J connectivity index is 1.70. The van der Waals surface area contributed by atoms with Gasteiger partial charge in [0.2, 0.25) is 5.91 Å². The van der Waals surface area contributed by atoms with Gasteiger partial charge in [0.15, 0.2) is 0 Å². The van der Waals surface area contributed by atoms with Gasteiger partial charge in [0.05, 0.1) is 18.2 Å². The Hall–Kier alpha value is -2.09. The molecule has 3 atom stereocenters. The highest BCUT2D eigenvalue weighted by atomic mass is 16.6. The summed E-state index contributed by atoms with van der Waals surface area (Å²) in [5.41, 5.74) is -0.564. The molecule has 8 heteroatoms. The first-order valence-electron chi connectivity index (χ1n) is 7.69. The van der Waals surface area contributed by atoms with Crippen LogP contribution in [0.4, 0.5) is 4.79 Å². The number of nitrogens with zero attached hydrogens (tertiary/aromatic N) is 2. The Kier molecular flexibility index (Phi) is 5.25. The zero-order chi connectivity index (χ0) is 17.0. The number of carbonyl (C=O) groups excluding carboxylic acids is 2. The van der Waals surface area contributed by atoms with Gasteiger partial charge < -0.3 is 20.5 Å². The van der Waals surface area contributed by atoms with Crippen molar-refractivity contribution in [1.82, 2.24) is 20.4 Å². The number of amides is 2. The summed E-state index contributed by atoms with van der Waals surface area (Å²) >= 11 is 0. The third-order valence-corrected chi connectivity index (χ3v) is 3.50. The molecule has 0 aromatic carbocycles. The second-order valence-corrected chi connectivity index (χ2v) is 6.63. The monoisotopic (exact) mass is 324 g/mol. The minimum atomic E-state index is -0.564. The molecule has 0 spiro atoms. The number of alkyl carbamates (subject to hydrolysis) is 1. The van der Waals surface area contributed by atoms with Crippen LogP contribution in [0.5, 0.6) is 0 Å². The predicted molar refractivity (Wildman–Crippen MR) is 82.7 cm³/mol. The molecule has 1 aromatic rings. The molecule has 1 saturated carbocycles. The molecule has 0 radical (unpaired) electrons. The molecule has 128 valence electrons. The van der Waals surface area contributed by atoms with E-state index >= 15 is 0 Å². The molecule has 1 aliphatic carbocycles. The molecule has 0 bridgehead atoms. The van der Waals surface area contributed by atoms with Crippen LogP contribution in [0.2, 0.25) is 0 Å². The third kappa shape index (κ3) is 4.95. The largest absolute Gasteiger partial charge is 0.444 e. The van der Waals surface area contributed by atoms with Gasteiger partial charge >= 0.3 is 6.09 Å². The van der Waals surface area contributed by atoms with Gasteiger partial charge in [-0.05, 0) is 33.3 Å². The standard InChI is InChI=1S/C15H24N4O4/c1-15(2,3)23-14(22)16-7-5-12(21)18-10-9-11(20)13(10)19-8-4-6-17-19/h4,6,8,10-11,13,20H,5,7,9H2,1-3H3,(H,16,22)(H,18,21). The number of aliphatic hydroxyl groups is 1. The molecule has 1 aromatic heterocycles. The quantitative estimate of drug-likeness (QED) is 0.735. The topological polar surface area (TPSA) is 105 Å². The Morgan fingerprint density at radius 2 is 2.17 bits per heavy atom. The lowest BCUT2D eigenvalue weighted by atomic mass is 9.83. The van der Waals surface area contributed by atoms with Crippen LogP contribution >= 0.6 is 0 Å². The highest BCUT2D eigenvalue weighted by Gasteiger charge is 2.42. The minimum Gasteiger partial charge on any atom is -0.444 e. The first-order valence-corrected chi connectivity index (χ1v) is 7.69. The van der Waals surface area contributed by atoms with Gasteiger partial charge in [0.25, 0.3) is 0 Å². The predicted octanol–water partition coefficient (Wildman–Crippen LogP) is 0.588. The summed E-state index contributed by atoms with van der Waals surface area (Å²) < 4.78 is 6.74. The van der Waals surface area contributed by atoms with E-state index in [2.05, 4.69) is 15.7 Å². The number of hydrogen-bond donors (Lipinski definition) is 3. The summed E-state index contributed by atoms with van der Waals surface area (Å²) in [5.74, 6) is -0.185. The highest BCUT2D eigenvalue weighted by Crippen LogP contribution is 2.32. The van der Waals surface area contributed by atoms with Gasteiger partial charge in [0.1, 0.15) is 5.60 Å². The fourth-order valence-electron chi connectivity index (χ4n) is 2.44. The molecule has 23 heavy (non-hydrogen) atoms. The first kappa shape index (κ1) is 17.3. The second-order valence-electron chi connectivity index (χ2n) is 6.63. The number of carbonyl (C=O) groups is 2. The van der Waals surface area contributed by atoms with Crippen molar-refractivity contribution in [3.05, 3.63) is 18.5 Å². The van der Waals surface area contributed by atoms with Gasteiger partial charge in [-0.25, -0.2) is 4.79 Å². The van der Waals surface area contributed by atoms with Crippen molar-refractivity contribution in [3.8, 4) is 0 Å². The van der Waals surface area contributed by atoms with E-state index in [1.807, 2.05) is 0 Å². The Bertz CT molecular complexity index is 538. The zero-order valence-corrected chi connectivity index (χ0v) is 13.7. The average Bonchev–Trinajstić information content (AvgIpc) is 2.89. The van der Waals surface area contributed by atoms with Gasteiger partial charge in [0, 0.05) is 25.4 Å². The van der Waals surface area contributed by atoms with Crippen LogP contribution < -0.4 is 10.6 Å². The minimum absolute atomic E-state index is 0.150. The molecule has 1 aliphatic rings. The first-order chi connectivity index (χ1) is 10.8. The molecule has 2 rings (SSSR count). The average molecular weight is 324 g/mol. The van der Waals surface area contributed by atoms with Crippen molar-refractivity contribution in [2.45, 2.75) is 57.4 Å². The fourth-order valence-corrected chi connectivity index (χ4v) is 2.44. The molecule has 1 heterocycles. The van der Waals surface area contributed by atoms with Crippen molar-refractivity contribution in [1.29, 1.82) is 0 Å². The summed E-state index contributed by atoms with van der Waals surface area (Å²) in [5, 5.41) is 19.3. The molecule has 3 N–H and O–H groups in total. The molecule has 8 nitrogen and oxygen atoms in total. The van der Waals surface area contributed by atoms with Crippen LogP contribution in [-0.2, 0) is 9.53 Å². The van der Waals surface area contributed by atoms with Crippen molar-refractivity contribution in [3.63, 3.8) is 0 Å². The van der Waals surface area contributed by atoms with Crippen molar-refractivity contribution < 1.29 is 19.4 Å². The van der Waals surface area contributed by atoms with E-state index < -0.39 is 17.8 Å². The SMILES string of the molecule is CC(C)(C)OC(=O)NCCC(=O)NC1CC(O)C1n1cccn1. The summed E-state index contributed by atoms with van der Waals surface area (Å²) in [6.45, 7) is 5.52. The van der Waals surface area contributed by atoms with E-state index in [1.54, 1.807) is 43.9 Å². The lowest BCUT2D eigenvalue weighted by Gasteiger charge is -2.41. The number of hydrogen-bond acceptors (Lipinski definition) is 5. The van der Waals surface area contributed by atoms with Crippen molar-refractivity contribution >= 4 is 12.0 Å². The fraction of sp³-hybridized carbons (Fsp3) is 0.667. The molecule has 1 fully saturated rings. The normalized spacial score (nSPS) is 23.7. The van der Waals surface area contributed by atoms with Crippen molar-refractivity contribution in [2.75, 3.05) is 6.54 Å². The van der Waals surface area contributed by atoms with Gasteiger partial charge in [-0.3, -0.25) is 9.48 Å². The van der Waals surface area contributed by atoms with E-state index in [0.29, 0.717) is 6.42 Å². The highest BCUT2D eigenvalue weighted by molar-refractivity contribution is 5.77. The Morgan fingerprint density at radius 1 is 1.43 bits per heavy atom. The molecular weight excluding hydrogens is 300 g/mol. The van der Waals surface area contributed by atoms with Crippen LogP contribution in [0.15, 0.2) is 18.5 Å². The van der Waals surface area contributed by atoms with E-state index in [4.69, 9.17) is 4.74 Å². The number of nitrogens with one attached hydrogen (secondary N) is 2. The molecule has 3 unspecified atom stereocenters. The van der Waals surface area contributed by atoms with Crippen LogP contribution in [0.3, 0.4) is 0 Å². The Morgan fingerprint density at radius 3 is 2.74 bits per heavy atom. The zero-order valence-electron chi connectivity index (χ0n) is 13.7. The van der Waals surface area contributed by atoms with Crippen LogP contribution in [-0.4, -0.2) is 51.2 Å². The lowest BCUT2D eigenvalue weighted by Crippen LogP contribution is -2.56. The van der Waals surface area contributed by atoms with Gasteiger partial charge in [-0.1, -0.05) is 0 Å². The molecule has 0 saturated heterocycles. The van der Waals surface area contributed by atoms with E-state index in [-0.39, 0.29) is 31.0 Å². The molecular formula is C15H24N4O4. The summed E-state index contributed by atoms with van der Waals surface area (Å²) in [6, 6.07) is 1.38. The molecule has 2 amide bonds. The third-order valence-electron chi connectivity index (χ3n) is 3.50. The molecule has 0 aliphatic heterocycles. The maximum absolute atomic E-state index is 11.9. The van der Waals surface area contributed by atoms with E-state index in [9.17, 15) is 14.7 Å². The van der Waals surface area contributed by atoms with Crippen molar-refractivity contribution in [2.24, 2.45) is 0 Å². The van der Waals surface area contributed by atoms with Crippen LogP contribution in [0.1, 0.15) is 39.7 Å². The van der Waals surface area contributed by atoms with Crippen LogP contribution in [0, 0.1) is 0 Å². The second kappa shape index (κ2) is 6.99. The lowest BCUT2D eigenvalue weighted by molar-refractivity contribution is -0.124. The van der Waals surface area contributed by atoms with Crippen LogP contribution in [0.25, 0.3) is 0 Å². The maximum atomic E-state index is 11.9. The summed E-state index contributed by atoms with van der Waals surface area (Å²) in [4.78, 5) is 23.4. The van der Waals surface area contributed by atoms with Gasteiger partial charge in [-0.15, -0.1) is 0 Å². The van der Waals surface area contributed by atoms with E-state index in [0.717, 1.165) is 0 Å². The summed E-state index contributed by atoms with van der Waals surface area (Å²) in [6.07, 6.45) is 2.98. The summed E-state index contributed by atoms with van der Waals surface area (Å²) in [7, 11) is 0. The maximum Gasteiger partial charge on any atom is 0.407 e.